The predicted octanol–water partition coefficient (Wildman–Crippen LogP) is -0.638. The van der Waals surface area contributed by atoms with Gasteiger partial charge in [-0.2, -0.15) is 13.1 Å². The quantitative estimate of drug-likeness (QED) is 0.499. The van der Waals surface area contributed by atoms with E-state index >= 15 is 0 Å². The maximum atomic E-state index is 11.5. The standard InChI is InChI=1S/C10H18N2O8S/c1-6(2)20-10(16)12-21(17,18)11-7(9(14)15)4-5-8(13)19-3/h6-7,11H,4-5H2,1-3H3,(H,12,16)(H,14,15). The number of carboxylic acid groups (broad SMARTS) is 1. The predicted molar refractivity (Wildman–Crippen MR) is 69.5 cm³/mol. The van der Waals surface area contributed by atoms with Gasteiger partial charge in [-0.05, 0) is 20.3 Å². The highest BCUT2D eigenvalue weighted by Gasteiger charge is 2.26. The highest BCUT2D eigenvalue weighted by molar-refractivity contribution is 7.88. The van der Waals surface area contributed by atoms with Crippen molar-refractivity contribution in [1.29, 1.82) is 0 Å². The molecule has 1 atom stereocenters. The van der Waals surface area contributed by atoms with Crippen molar-refractivity contribution in [3.63, 3.8) is 0 Å². The molecule has 10 nitrogen and oxygen atoms in total. The molecule has 0 spiro atoms. The van der Waals surface area contributed by atoms with Crippen molar-refractivity contribution in [2.45, 2.75) is 38.8 Å². The van der Waals surface area contributed by atoms with Gasteiger partial charge < -0.3 is 14.6 Å². The van der Waals surface area contributed by atoms with Crippen LogP contribution in [0, 0.1) is 0 Å². The number of hydrogen-bond acceptors (Lipinski definition) is 7. The van der Waals surface area contributed by atoms with E-state index in [1.54, 1.807) is 4.72 Å². The van der Waals surface area contributed by atoms with Gasteiger partial charge in [0.1, 0.15) is 6.04 Å². The first-order chi connectivity index (χ1) is 9.57. The molecule has 0 aromatic heterocycles. The molecule has 1 amide bonds. The molecule has 0 saturated carbocycles. The molecule has 0 bridgehead atoms. The number of esters is 1. The molecule has 0 aromatic carbocycles. The van der Waals surface area contributed by atoms with Crippen molar-refractivity contribution in [1.82, 2.24) is 9.44 Å². The van der Waals surface area contributed by atoms with E-state index in [0.717, 1.165) is 7.11 Å². The molecule has 0 rings (SSSR count). The molecular weight excluding hydrogens is 308 g/mol. The molecule has 0 aliphatic rings. The Morgan fingerprint density at radius 1 is 1.24 bits per heavy atom. The van der Waals surface area contributed by atoms with Gasteiger partial charge in [-0.1, -0.05) is 0 Å². The van der Waals surface area contributed by atoms with Crippen LogP contribution in [-0.2, 0) is 29.3 Å². The summed E-state index contributed by atoms with van der Waals surface area (Å²) in [6, 6.07) is -1.59. The van der Waals surface area contributed by atoms with Crippen molar-refractivity contribution >= 4 is 28.2 Å². The molecule has 122 valence electrons. The lowest BCUT2D eigenvalue weighted by molar-refractivity contribution is -0.142. The van der Waals surface area contributed by atoms with Crippen molar-refractivity contribution in [2.24, 2.45) is 0 Å². The van der Waals surface area contributed by atoms with Gasteiger partial charge in [0.15, 0.2) is 0 Å². The fourth-order valence-corrected chi connectivity index (χ4v) is 2.08. The average Bonchev–Trinajstić information content (AvgIpc) is 2.31. The topological polar surface area (TPSA) is 148 Å². The Balaban J connectivity index is 4.65. The number of carboxylic acids is 1. The number of nitrogens with one attached hydrogen (secondary N) is 2. The van der Waals surface area contributed by atoms with E-state index in [2.05, 4.69) is 9.47 Å². The summed E-state index contributed by atoms with van der Waals surface area (Å²) in [4.78, 5) is 33.0. The third-order valence-corrected chi connectivity index (χ3v) is 3.05. The molecule has 0 radical (unpaired) electrons. The van der Waals surface area contributed by atoms with Crippen LogP contribution in [0.1, 0.15) is 26.7 Å². The number of carbonyl (C=O) groups is 3. The van der Waals surface area contributed by atoms with Crippen LogP contribution in [0.25, 0.3) is 0 Å². The van der Waals surface area contributed by atoms with Gasteiger partial charge in [0.25, 0.3) is 0 Å². The van der Waals surface area contributed by atoms with Gasteiger partial charge in [-0.15, -0.1) is 0 Å². The fourth-order valence-electron chi connectivity index (χ4n) is 1.16. The maximum absolute atomic E-state index is 11.5. The summed E-state index contributed by atoms with van der Waals surface area (Å²) in [7, 11) is -3.32. The summed E-state index contributed by atoms with van der Waals surface area (Å²) in [5.41, 5.74) is 0. The number of aliphatic carboxylic acids is 1. The number of rotatable bonds is 8. The van der Waals surface area contributed by atoms with Crippen molar-refractivity contribution < 1.29 is 37.4 Å². The van der Waals surface area contributed by atoms with Crippen LogP contribution >= 0.6 is 0 Å². The zero-order valence-corrected chi connectivity index (χ0v) is 12.6. The first-order valence-corrected chi connectivity index (χ1v) is 7.36. The summed E-state index contributed by atoms with van der Waals surface area (Å²) in [6.45, 7) is 3.02. The third-order valence-electron chi connectivity index (χ3n) is 2.02. The van der Waals surface area contributed by atoms with Crippen LogP contribution in [0.4, 0.5) is 4.79 Å². The van der Waals surface area contributed by atoms with E-state index in [1.165, 1.54) is 18.6 Å². The van der Waals surface area contributed by atoms with Crippen LogP contribution < -0.4 is 9.44 Å². The van der Waals surface area contributed by atoms with Crippen molar-refractivity contribution in [2.75, 3.05) is 7.11 Å². The zero-order valence-electron chi connectivity index (χ0n) is 11.8. The van der Waals surface area contributed by atoms with Crippen LogP contribution in [0.3, 0.4) is 0 Å². The van der Waals surface area contributed by atoms with Gasteiger partial charge in [-0.3, -0.25) is 9.59 Å². The van der Waals surface area contributed by atoms with E-state index in [9.17, 15) is 22.8 Å². The van der Waals surface area contributed by atoms with Crippen molar-refractivity contribution in [3.05, 3.63) is 0 Å². The molecule has 3 N–H and O–H groups in total. The number of ether oxygens (including phenoxy) is 2. The maximum Gasteiger partial charge on any atom is 0.422 e. The van der Waals surface area contributed by atoms with Crippen molar-refractivity contribution in [3.8, 4) is 0 Å². The lowest BCUT2D eigenvalue weighted by atomic mass is 10.2. The van der Waals surface area contributed by atoms with Crippen LogP contribution in [0.15, 0.2) is 0 Å². The van der Waals surface area contributed by atoms with E-state index in [0.29, 0.717) is 0 Å². The number of hydrogen-bond donors (Lipinski definition) is 3. The van der Waals surface area contributed by atoms with E-state index in [-0.39, 0.29) is 12.8 Å². The molecular formula is C10H18N2O8S. The summed E-state index contributed by atoms with van der Waals surface area (Å²) >= 11 is 0. The minimum absolute atomic E-state index is 0.299. The van der Waals surface area contributed by atoms with Gasteiger partial charge in [0.2, 0.25) is 0 Å². The minimum Gasteiger partial charge on any atom is -0.480 e. The number of carbonyl (C=O) groups excluding carboxylic acids is 2. The summed E-state index contributed by atoms with van der Waals surface area (Å²) in [5.74, 6) is -2.19. The second-order valence-electron chi connectivity index (χ2n) is 4.18. The van der Waals surface area contributed by atoms with Gasteiger partial charge in [0, 0.05) is 6.42 Å². The highest BCUT2D eigenvalue weighted by atomic mass is 32.2. The highest BCUT2D eigenvalue weighted by Crippen LogP contribution is 2.01. The molecule has 11 heteroatoms. The molecule has 0 aliphatic carbocycles. The molecule has 0 saturated heterocycles. The van der Waals surface area contributed by atoms with Crippen LogP contribution in [0.5, 0.6) is 0 Å². The smallest absolute Gasteiger partial charge is 0.422 e. The van der Waals surface area contributed by atoms with E-state index < -0.39 is 40.4 Å². The first kappa shape index (κ1) is 19.1. The summed E-state index contributed by atoms with van der Waals surface area (Å²) in [5, 5.41) is 8.88. The average molecular weight is 326 g/mol. The molecule has 0 heterocycles. The fraction of sp³-hybridized carbons (Fsp3) is 0.700. The SMILES string of the molecule is COC(=O)CCC(NS(=O)(=O)NC(=O)OC(C)C)C(=O)O. The Morgan fingerprint density at radius 3 is 2.24 bits per heavy atom. The van der Waals surface area contributed by atoms with Crippen LogP contribution in [-0.4, -0.2) is 50.8 Å². The second kappa shape index (κ2) is 8.42. The molecule has 0 aliphatic heterocycles. The normalized spacial score (nSPS) is 12.6. The van der Waals surface area contributed by atoms with E-state index in [4.69, 9.17) is 5.11 Å². The second-order valence-corrected chi connectivity index (χ2v) is 5.63. The monoisotopic (exact) mass is 326 g/mol. The molecule has 21 heavy (non-hydrogen) atoms. The zero-order chi connectivity index (χ0) is 16.6. The van der Waals surface area contributed by atoms with Crippen LogP contribution in [0.2, 0.25) is 0 Å². The molecule has 0 fully saturated rings. The number of amides is 1. The lowest BCUT2D eigenvalue weighted by Crippen LogP contribution is -2.48. The summed E-state index contributed by atoms with van der Waals surface area (Å²) < 4.78 is 35.2. The van der Waals surface area contributed by atoms with E-state index in [1.807, 2.05) is 0 Å². The molecule has 0 aromatic rings. The Labute approximate surface area is 122 Å². The Bertz CT molecular complexity index is 487. The Morgan fingerprint density at radius 2 is 1.81 bits per heavy atom. The lowest BCUT2D eigenvalue weighted by Gasteiger charge is -2.15. The van der Waals surface area contributed by atoms with Gasteiger partial charge >= 0.3 is 28.2 Å². The van der Waals surface area contributed by atoms with Gasteiger partial charge in [-0.25, -0.2) is 9.52 Å². The third kappa shape index (κ3) is 8.81. The molecule has 1 unspecified atom stereocenters. The largest absolute Gasteiger partial charge is 0.480 e. The number of methoxy groups -OCH3 is 1. The summed E-state index contributed by atoms with van der Waals surface area (Å²) in [6.07, 6.45) is -2.42. The first-order valence-electron chi connectivity index (χ1n) is 5.87. The Hall–Kier alpha value is -1.88. The van der Waals surface area contributed by atoms with Gasteiger partial charge in [0.05, 0.1) is 13.2 Å². The minimum atomic E-state index is -4.43. The Kier molecular flexibility index (Phi) is 7.66.